The summed E-state index contributed by atoms with van der Waals surface area (Å²) in [5.41, 5.74) is 1.66. The third-order valence-corrected chi connectivity index (χ3v) is 3.52. The molecule has 0 radical (unpaired) electrons. The maximum atomic E-state index is 12.1. The van der Waals surface area contributed by atoms with Crippen LogP contribution < -0.4 is 0 Å². The Bertz CT molecular complexity index is 543. The maximum Gasteiger partial charge on any atom is 0.260 e. The molecule has 0 saturated carbocycles. The molecule has 0 spiro atoms. The van der Waals surface area contributed by atoms with E-state index in [1.807, 2.05) is 20.8 Å². The van der Waals surface area contributed by atoms with Gasteiger partial charge in [0.25, 0.3) is 5.91 Å². The Balaban J connectivity index is 2.45. The van der Waals surface area contributed by atoms with Crippen LogP contribution in [0.2, 0.25) is 0 Å². The lowest BCUT2D eigenvalue weighted by Gasteiger charge is -2.28. The second-order valence-electron chi connectivity index (χ2n) is 6.12. The summed E-state index contributed by atoms with van der Waals surface area (Å²) >= 11 is 0. The molecule has 102 valence electrons. The van der Waals surface area contributed by atoms with E-state index < -0.39 is 6.10 Å². The Hall–Kier alpha value is -1.68. The lowest BCUT2D eigenvalue weighted by atomic mass is 9.83. The fourth-order valence-electron chi connectivity index (χ4n) is 2.19. The predicted molar refractivity (Wildman–Crippen MR) is 71.7 cm³/mol. The molecule has 1 atom stereocenters. The lowest BCUT2D eigenvalue weighted by Crippen LogP contribution is -2.39. The summed E-state index contributed by atoms with van der Waals surface area (Å²) in [4.78, 5) is 24.8. The first-order valence-corrected chi connectivity index (χ1v) is 6.33. The number of carbonyl (C=O) groups excluding carboxylic acids is 2. The quantitative estimate of drug-likeness (QED) is 0.786. The van der Waals surface area contributed by atoms with Crippen LogP contribution in [0.5, 0.6) is 0 Å². The second kappa shape index (κ2) is 4.46. The van der Waals surface area contributed by atoms with Gasteiger partial charge in [-0.3, -0.25) is 14.5 Å². The van der Waals surface area contributed by atoms with Crippen molar-refractivity contribution >= 4 is 11.8 Å². The third-order valence-electron chi connectivity index (χ3n) is 3.52. The van der Waals surface area contributed by atoms with Gasteiger partial charge < -0.3 is 5.11 Å². The van der Waals surface area contributed by atoms with Crippen LogP contribution in [0, 0.1) is 5.41 Å². The zero-order valence-corrected chi connectivity index (χ0v) is 11.7. The van der Waals surface area contributed by atoms with Crippen molar-refractivity contribution in [1.29, 1.82) is 0 Å². The zero-order chi connectivity index (χ0) is 14.4. The van der Waals surface area contributed by atoms with E-state index in [2.05, 4.69) is 0 Å². The number of hydrogen-bond donors (Lipinski definition) is 1. The summed E-state index contributed by atoms with van der Waals surface area (Å²) in [5.74, 6) is -0.490. The van der Waals surface area contributed by atoms with Crippen molar-refractivity contribution in [1.82, 2.24) is 4.90 Å². The maximum absolute atomic E-state index is 12.1. The highest BCUT2D eigenvalue weighted by molar-refractivity contribution is 6.09. The highest BCUT2D eigenvalue weighted by Crippen LogP contribution is 2.34. The monoisotopic (exact) mass is 261 g/mol. The van der Waals surface area contributed by atoms with Gasteiger partial charge in [0.2, 0.25) is 5.91 Å². The topological polar surface area (TPSA) is 57.6 Å². The number of fused-ring (bicyclic) bond motifs is 1. The van der Waals surface area contributed by atoms with E-state index in [-0.39, 0.29) is 23.7 Å². The summed E-state index contributed by atoms with van der Waals surface area (Å²) in [6, 6.07) is 5.26. The van der Waals surface area contributed by atoms with Crippen molar-refractivity contribution in [2.45, 2.75) is 33.3 Å². The number of aliphatic hydroxyl groups is 1. The third kappa shape index (κ3) is 2.40. The molecular formula is C15H19NO3. The van der Waals surface area contributed by atoms with Crippen molar-refractivity contribution in [2.24, 2.45) is 5.41 Å². The molecule has 4 nitrogen and oxygen atoms in total. The predicted octanol–water partition coefficient (Wildman–Crippen LogP) is 1.92. The summed E-state index contributed by atoms with van der Waals surface area (Å²) in [6.07, 6.45) is -0.405. The van der Waals surface area contributed by atoms with E-state index in [9.17, 15) is 14.7 Å². The lowest BCUT2D eigenvalue weighted by molar-refractivity contribution is -0.127. The Morgan fingerprint density at radius 2 is 1.89 bits per heavy atom. The van der Waals surface area contributed by atoms with Gasteiger partial charge in [-0.1, -0.05) is 32.9 Å². The van der Waals surface area contributed by atoms with Gasteiger partial charge in [0.15, 0.2) is 0 Å². The Labute approximate surface area is 113 Å². The molecule has 1 aromatic rings. The van der Waals surface area contributed by atoms with E-state index in [4.69, 9.17) is 0 Å². The first kappa shape index (κ1) is 13.7. The van der Waals surface area contributed by atoms with Crippen LogP contribution >= 0.6 is 0 Å². The molecule has 1 aliphatic heterocycles. The van der Waals surface area contributed by atoms with Gasteiger partial charge in [-0.2, -0.15) is 0 Å². The average molecular weight is 261 g/mol. The molecule has 19 heavy (non-hydrogen) atoms. The number of likely N-dealkylation sites (N-methyl/N-ethyl adjacent to an activating group) is 1. The molecule has 4 heteroatoms. The van der Waals surface area contributed by atoms with Crippen molar-refractivity contribution in [3.8, 4) is 0 Å². The molecule has 1 unspecified atom stereocenters. The highest BCUT2D eigenvalue weighted by atomic mass is 16.3. The largest absolute Gasteiger partial charge is 0.388 e. The number of rotatable bonds is 1. The van der Waals surface area contributed by atoms with Crippen LogP contribution in [-0.4, -0.2) is 28.9 Å². The molecule has 1 aliphatic rings. The Kier molecular flexibility index (Phi) is 3.22. The standard InChI is InChI=1S/C15H19NO3/c1-15(2,3)13(18)10-6-5-9-8-12(17)16(4)14(19)11(9)7-10/h5-7,13,18H,8H2,1-4H3. The van der Waals surface area contributed by atoms with Crippen LogP contribution in [0.3, 0.4) is 0 Å². The number of imide groups is 1. The van der Waals surface area contributed by atoms with E-state index >= 15 is 0 Å². The van der Waals surface area contributed by atoms with Gasteiger partial charge in [-0.05, 0) is 22.6 Å². The average Bonchev–Trinajstić information content (AvgIpc) is 2.34. The molecule has 0 saturated heterocycles. The number of benzene rings is 1. The van der Waals surface area contributed by atoms with Crippen LogP contribution in [0.4, 0.5) is 0 Å². The minimum absolute atomic E-state index is 0.193. The Morgan fingerprint density at radius 3 is 2.47 bits per heavy atom. The van der Waals surface area contributed by atoms with Gasteiger partial charge in [0.1, 0.15) is 0 Å². The molecule has 1 aromatic carbocycles. The summed E-state index contributed by atoms with van der Waals surface area (Å²) < 4.78 is 0. The smallest absolute Gasteiger partial charge is 0.260 e. The van der Waals surface area contributed by atoms with Crippen LogP contribution in [0.25, 0.3) is 0 Å². The van der Waals surface area contributed by atoms with Crippen molar-refractivity contribution < 1.29 is 14.7 Å². The summed E-state index contributed by atoms with van der Waals surface area (Å²) in [7, 11) is 1.49. The SMILES string of the molecule is CN1C(=O)Cc2ccc(C(O)C(C)(C)C)cc2C1=O. The fraction of sp³-hybridized carbons (Fsp3) is 0.467. The van der Waals surface area contributed by atoms with Crippen molar-refractivity contribution in [2.75, 3.05) is 7.05 Å². The first-order chi connectivity index (χ1) is 8.71. The van der Waals surface area contributed by atoms with E-state index in [0.29, 0.717) is 11.1 Å². The molecule has 1 heterocycles. The van der Waals surface area contributed by atoms with Crippen LogP contribution in [0.1, 0.15) is 48.4 Å². The number of amides is 2. The Morgan fingerprint density at radius 1 is 1.26 bits per heavy atom. The number of hydrogen-bond acceptors (Lipinski definition) is 3. The summed E-state index contributed by atoms with van der Waals surface area (Å²) in [5, 5.41) is 10.3. The fourth-order valence-corrected chi connectivity index (χ4v) is 2.19. The molecule has 0 aliphatic carbocycles. The molecule has 0 aromatic heterocycles. The van der Waals surface area contributed by atoms with Gasteiger partial charge in [0, 0.05) is 12.6 Å². The van der Waals surface area contributed by atoms with Crippen molar-refractivity contribution in [3.05, 3.63) is 34.9 Å². The first-order valence-electron chi connectivity index (χ1n) is 6.33. The normalized spacial score (nSPS) is 17.4. The van der Waals surface area contributed by atoms with Gasteiger partial charge in [-0.25, -0.2) is 0 Å². The van der Waals surface area contributed by atoms with Gasteiger partial charge in [-0.15, -0.1) is 0 Å². The molecule has 2 amide bonds. The second-order valence-corrected chi connectivity index (χ2v) is 6.12. The van der Waals surface area contributed by atoms with Crippen molar-refractivity contribution in [3.63, 3.8) is 0 Å². The van der Waals surface area contributed by atoms with Gasteiger partial charge >= 0.3 is 0 Å². The molecular weight excluding hydrogens is 242 g/mol. The van der Waals surface area contributed by atoms with Crippen LogP contribution in [0.15, 0.2) is 18.2 Å². The van der Waals surface area contributed by atoms with Crippen LogP contribution in [-0.2, 0) is 11.2 Å². The number of nitrogens with zero attached hydrogens (tertiary/aromatic N) is 1. The van der Waals surface area contributed by atoms with Gasteiger partial charge in [0.05, 0.1) is 12.5 Å². The molecule has 2 rings (SSSR count). The number of aliphatic hydroxyl groups excluding tert-OH is 1. The highest BCUT2D eigenvalue weighted by Gasteiger charge is 2.30. The van der Waals surface area contributed by atoms with E-state index in [1.165, 1.54) is 7.05 Å². The molecule has 1 N–H and O–H groups in total. The van der Waals surface area contributed by atoms with E-state index in [0.717, 1.165) is 10.5 Å². The minimum atomic E-state index is -0.645. The number of carbonyl (C=O) groups is 2. The zero-order valence-electron chi connectivity index (χ0n) is 11.7. The van der Waals surface area contributed by atoms with E-state index in [1.54, 1.807) is 18.2 Å². The molecule has 0 fully saturated rings. The molecule has 0 bridgehead atoms. The summed E-state index contributed by atoms with van der Waals surface area (Å²) in [6.45, 7) is 5.82. The minimum Gasteiger partial charge on any atom is -0.388 e.